The first-order valence-electron chi connectivity index (χ1n) is 8.58. The smallest absolute Gasteiger partial charge is 0.203 e. The highest BCUT2D eigenvalue weighted by Crippen LogP contribution is 2.33. The Morgan fingerprint density at radius 3 is 2.48 bits per heavy atom. The van der Waals surface area contributed by atoms with Crippen molar-refractivity contribution in [3.8, 4) is 11.6 Å². The molecule has 128 valence electrons. The van der Waals surface area contributed by atoms with E-state index in [1.165, 1.54) is 10.9 Å². The number of aromatic nitrogens is 2. The minimum absolute atomic E-state index is 0.279. The van der Waals surface area contributed by atoms with Crippen LogP contribution in [0.1, 0.15) is 19.9 Å². The maximum Gasteiger partial charge on any atom is 0.203 e. The number of hydrogen-bond acceptors (Lipinski definition) is 2. The van der Waals surface area contributed by atoms with E-state index in [1.807, 2.05) is 35.8 Å². The molecule has 4 heteroatoms. The van der Waals surface area contributed by atoms with Crippen LogP contribution in [-0.2, 0) is 0 Å². The van der Waals surface area contributed by atoms with Gasteiger partial charge in [0.05, 0.1) is 0 Å². The lowest BCUT2D eigenvalue weighted by Gasteiger charge is -2.12. The molecule has 0 saturated carbocycles. The monoisotopic (exact) mass is 333 g/mol. The predicted octanol–water partition coefficient (Wildman–Crippen LogP) is 4.94. The molecule has 0 unspecified atom stereocenters. The molecule has 0 radical (unpaired) electrons. The largest absolute Gasteiger partial charge is 0.494 e. The predicted molar refractivity (Wildman–Crippen MR) is 105 cm³/mol. The topological polar surface area (TPSA) is 33.3 Å². The lowest BCUT2D eigenvalue weighted by Crippen LogP contribution is -2.07. The molecule has 1 N–H and O–H groups in total. The lowest BCUT2D eigenvalue weighted by molar-refractivity contribution is 0.448. The molecule has 25 heavy (non-hydrogen) atoms. The van der Waals surface area contributed by atoms with Crippen LogP contribution in [-0.4, -0.2) is 28.3 Å². The van der Waals surface area contributed by atoms with E-state index in [2.05, 4.69) is 61.0 Å². The summed E-state index contributed by atoms with van der Waals surface area (Å²) < 4.78 is 4.12. The SMILES string of the molecule is CC(C)n1ccc2cc(-n3cc4ccc(N(C)C)cc4c3O)ccc21. The highest BCUT2D eigenvalue weighted by molar-refractivity contribution is 5.92. The summed E-state index contributed by atoms with van der Waals surface area (Å²) in [6, 6.07) is 15.0. The molecular formula is C21H23N3O. The zero-order valence-electron chi connectivity index (χ0n) is 15.1. The number of anilines is 1. The molecule has 0 atom stereocenters. The summed E-state index contributed by atoms with van der Waals surface area (Å²) in [4.78, 5) is 2.04. The summed E-state index contributed by atoms with van der Waals surface area (Å²) >= 11 is 0. The number of benzene rings is 2. The van der Waals surface area contributed by atoms with Gasteiger partial charge in [-0.1, -0.05) is 6.07 Å². The van der Waals surface area contributed by atoms with Gasteiger partial charge < -0.3 is 14.6 Å². The molecular weight excluding hydrogens is 310 g/mol. The van der Waals surface area contributed by atoms with Crippen LogP contribution in [0.4, 0.5) is 5.69 Å². The van der Waals surface area contributed by atoms with Crippen molar-refractivity contribution in [1.29, 1.82) is 0 Å². The second-order valence-electron chi connectivity index (χ2n) is 7.05. The zero-order valence-corrected chi connectivity index (χ0v) is 15.1. The van der Waals surface area contributed by atoms with E-state index in [1.54, 1.807) is 0 Å². The zero-order chi connectivity index (χ0) is 17.7. The molecule has 4 nitrogen and oxygen atoms in total. The third-order valence-corrected chi connectivity index (χ3v) is 4.83. The number of rotatable bonds is 3. The van der Waals surface area contributed by atoms with Crippen LogP contribution in [0.2, 0.25) is 0 Å². The van der Waals surface area contributed by atoms with Crippen molar-refractivity contribution in [2.24, 2.45) is 0 Å². The van der Waals surface area contributed by atoms with E-state index in [0.29, 0.717) is 6.04 Å². The van der Waals surface area contributed by atoms with E-state index < -0.39 is 0 Å². The van der Waals surface area contributed by atoms with Gasteiger partial charge in [-0.25, -0.2) is 0 Å². The molecule has 0 spiro atoms. The van der Waals surface area contributed by atoms with E-state index >= 15 is 0 Å². The molecule has 0 aliphatic rings. The number of aromatic hydroxyl groups is 1. The van der Waals surface area contributed by atoms with E-state index in [9.17, 15) is 5.11 Å². The van der Waals surface area contributed by atoms with Gasteiger partial charge in [0.15, 0.2) is 0 Å². The Kier molecular flexibility index (Phi) is 3.49. The average molecular weight is 333 g/mol. The summed E-state index contributed by atoms with van der Waals surface area (Å²) in [6.07, 6.45) is 4.11. The molecule has 2 heterocycles. The fourth-order valence-electron chi connectivity index (χ4n) is 3.41. The molecule has 0 saturated heterocycles. The molecule has 2 aromatic carbocycles. The Morgan fingerprint density at radius 1 is 0.960 bits per heavy atom. The first-order valence-corrected chi connectivity index (χ1v) is 8.58. The minimum atomic E-state index is 0.279. The van der Waals surface area contributed by atoms with Crippen molar-refractivity contribution in [1.82, 2.24) is 9.13 Å². The van der Waals surface area contributed by atoms with Crippen molar-refractivity contribution < 1.29 is 5.11 Å². The Balaban J connectivity index is 1.86. The van der Waals surface area contributed by atoms with E-state index in [-0.39, 0.29) is 5.88 Å². The van der Waals surface area contributed by atoms with Gasteiger partial charge in [0, 0.05) is 65.6 Å². The molecule has 0 bridgehead atoms. The van der Waals surface area contributed by atoms with Crippen LogP contribution in [0.5, 0.6) is 5.88 Å². The van der Waals surface area contributed by atoms with Gasteiger partial charge in [-0.2, -0.15) is 0 Å². The first-order chi connectivity index (χ1) is 12.0. The second-order valence-corrected chi connectivity index (χ2v) is 7.05. The van der Waals surface area contributed by atoms with Gasteiger partial charge in [0.25, 0.3) is 0 Å². The Labute approximate surface area is 147 Å². The van der Waals surface area contributed by atoms with Gasteiger partial charge >= 0.3 is 0 Å². The minimum Gasteiger partial charge on any atom is -0.494 e. The van der Waals surface area contributed by atoms with E-state index in [4.69, 9.17) is 0 Å². The Hall–Kier alpha value is -2.88. The van der Waals surface area contributed by atoms with Crippen molar-refractivity contribution in [3.05, 3.63) is 54.9 Å². The standard InChI is InChI=1S/C21H23N3O/c1-14(2)23-10-9-15-11-18(7-8-20(15)23)24-13-16-5-6-17(22(3)4)12-19(16)21(24)25/h5-14,25H,1-4H3. The highest BCUT2D eigenvalue weighted by atomic mass is 16.3. The molecule has 0 amide bonds. The van der Waals surface area contributed by atoms with Crippen molar-refractivity contribution in [3.63, 3.8) is 0 Å². The molecule has 4 aromatic rings. The average Bonchev–Trinajstić information content (AvgIpc) is 3.15. The third-order valence-electron chi connectivity index (χ3n) is 4.83. The quantitative estimate of drug-likeness (QED) is 0.576. The van der Waals surface area contributed by atoms with Crippen LogP contribution in [0.3, 0.4) is 0 Å². The number of fused-ring (bicyclic) bond motifs is 2. The Bertz CT molecular complexity index is 1070. The van der Waals surface area contributed by atoms with Crippen LogP contribution in [0.15, 0.2) is 54.9 Å². The number of hydrogen-bond donors (Lipinski definition) is 1. The second kappa shape index (κ2) is 5.59. The highest BCUT2D eigenvalue weighted by Gasteiger charge is 2.12. The summed E-state index contributed by atoms with van der Waals surface area (Å²) in [5.41, 5.74) is 3.25. The van der Waals surface area contributed by atoms with E-state index in [0.717, 1.165) is 22.1 Å². The lowest BCUT2D eigenvalue weighted by atomic mass is 10.2. The van der Waals surface area contributed by atoms with Crippen LogP contribution >= 0.6 is 0 Å². The van der Waals surface area contributed by atoms with Gasteiger partial charge in [-0.3, -0.25) is 4.57 Å². The maximum absolute atomic E-state index is 10.8. The Morgan fingerprint density at radius 2 is 1.76 bits per heavy atom. The van der Waals surface area contributed by atoms with Crippen molar-refractivity contribution in [2.75, 3.05) is 19.0 Å². The molecule has 0 aliphatic heterocycles. The molecule has 2 aromatic heterocycles. The van der Waals surface area contributed by atoms with Crippen LogP contribution in [0.25, 0.3) is 27.4 Å². The van der Waals surface area contributed by atoms with Crippen LogP contribution < -0.4 is 4.90 Å². The van der Waals surface area contributed by atoms with Gasteiger partial charge in [-0.15, -0.1) is 0 Å². The summed E-state index contributed by atoms with van der Waals surface area (Å²) in [5, 5.41) is 13.8. The molecule has 4 rings (SSSR count). The molecule has 0 aliphatic carbocycles. The first kappa shape index (κ1) is 15.6. The normalized spacial score (nSPS) is 11.7. The number of nitrogens with zero attached hydrogens (tertiary/aromatic N) is 3. The molecule has 0 fully saturated rings. The third kappa shape index (κ3) is 2.45. The summed E-state index contributed by atoms with van der Waals surface area (Å²) in [5.74, 6) is 0.279. The van der Waals surface area contributed by atoms with Crippen molar-refractivity contribution >= 4 is 27.4 Å². The fourth-order valence-corrected chi connectivity index (χ4v) is 3.41. The van der Waals surface area contributed by atoms with Gasteiger partial charge in [0.1, 0.15) is 0 Å². The van der Waals surface area contributed by atoms with Crippen molar-refractivity contribution in [2.45, 2.75) is 19.9 Å². The van der Waals surface area contributed by atoms with Gasteiger partial charge in [-0.05, 0) is 50.2 Å². The fraction of sp³-hybridized carbons (Fsp3) is 0.238. The summed E-state index contributed by atoms with van der Waals surface area (Å²) in [6.45, 7) is 4.36. The van der Waals surface area contributed by atoms with Crippen LogP contribution in [0, 0.1) is 0 Å². The van der Waals surface area contributed by atoms with Gasteiger partial charge in [0.2, 0.25) is 5.88 Å². The summed E-state index contributed by atoms with van der Waals surface area (Å²) in [7, 11) is 4.00. The maximum atomic E-state index is 10.8.